The highest BCUT2D eigenvalue weighted by atomic mass is 32.1. The monoisotopic (exact) mass is 317 g/mol. The molecule has 0 saturated heterocycles. The number of benzene rings is 2. The number of ether oxygens (including phenoxy) is 1. The number of nitro groups is 1. The average Bonchev–Trinajstić information content (AvgIpc) is 2.49. The van der Waals surface area contributed by atoms with Gasteiger partial charge in [-0.2, -0.15) is 0 Å². The molecule has 114 valence electrons. The first kappa shape index (κ1) is 15.7. The minimum atomic E-state index is -0.471. The van der Waals surface area contributed by atoms with Crippen molar-refractivity contribution in [2.45, 2.75) is 6.92 Å². The van der Waals surface area contributed by atoms with Gasteiger partial charge in [0.2, 0.25) is 0 Å². The Morgan fingerprint density at radius 2 is 1.86 bits per heavy atom. The van der Waals surface area contributed by atoms with Crippen molar-refractivity contribution in [2.24, 2.45) is 0 Å². The number of nitrogens with zero attached hydrogens (tertiary/aromatic N) is 1. The van der Waals surface area contributed by atoms with Gasteiger partial charge >= 0.3 is 0 Å². The van der Waals surface area contributed by atoms with Crippen LogP contribution in [0.15, 0.2) is 42.5 Å². The number of hydrogen-bond acceptors (Lipinski definition) is 4. The molecular weight excluding hydrogens is 302 g/mol. The Hall–Kier alpha value is -2.67. The SMILES string of the molecule is COc1ccc([N+](=O)[O-])cc1NC(=S)Nc1ccc(C)cc1. The highest BCUT2D eigenvalue weighted by Crippen LogP contribution is 2.29. The van der Waals surface area contributed by atoms with E-state index in [0.29, 0.717) is 16.5 Å². The zero-order valence-corrected chi connectivity index (χ0v) is 12.9. The summed E-state index contributed by atoms with van der Waals surface area (Å²) in [4.78, 5) is 10.4. The molecule has 0 aromatic heterocycles. The molecule has 0 amide bonds. The number of nitro benzene ring substituents is 1. The normalized spacial score (nSPS) is 9.91. The van der Waals surface area contributed by atoms with Gasteiger partial charge in [0.05, 0.1) is 17.7 Å². The van der Waals surface area contributed by atoms with Crippen molar-refractivity contribution in [1.29, 1.82) is 0 Å². The molecule has 0 atom stereocenters. The zero-order chi connectivity index (χ0) is 16.1. The highest BCUT2D eigenvalue weighted by molar-refractivity contribution is 7.80. The van der Waals surface area contributed by atoms with Crippen LogP contribution in [0.1, 0.15) is 5.56 Å². The lowest BCUT2D eigenvalue weighted by Crippen LogP contribution is -2.19. The van der Waals surface area contributed by atoms with Crippen LogP contribution in [0.2, 0.25) is 0 Å². The zero-order valence-electron chi connectivity index (χ0n) is 12.1. The van der Waals surface area contributed by atoms with Crippen molar-refractivity contribution < 1.29 is 9.66 Å². The van der Waals surface area contributed by atoms with Gasteiger partial charge in [-0.1, -0.05) is 17.7 Å². The van der Waals surface area contributed by atoms with Crippen LogP contribution in [-0.2, 0) is 0 Å². The first-order valence-corrected chi connectivity index (χ1v) is 6.87. The predicted molar refractivity (Wildman–Crippen MR) is 90.7 cm³/mol. The minimum Gasteiger partial charge on any atom is -0.495 e. The summed E-state index contributed by atoms with van der Waals surface area (Å²) in [7, 11) is 1.49. The molecule has 0 unspecified atom stereocenters. The number of nitrogens with one attached hydrogen (secondary N) is 2. The smallest absolute Gasteiger partial charge is 0.271 e. The summed E-state index contributed by atoms with van der Waals surface area (Å²) in [6, 6.07) is 12.0. The van der Waals surface area contributed by atoms with Crippen LogP contribution in [0.3, 0.4) is 0 Å². The van der Waals surface area contributed by atoms with Crippen LogP contribution in [-0.4, -0.2) is 17.1 Å². The Kier molecular flexibility index (Phi) is 4.90. The third kappa shape index (κ3) is 3.92. The van der Waals surface area contributed by atoms with Gasteiger partial charge in [-0.15, -0.1) is 0 Å². The molecule has 0 fully saturated rings. The molecule has 0 radical (unpaired) electrons. The number of thiocarbonyl (C=S) groups is 1. The van der Waals surface area contributed by atoms with E-state index in [-0.39, 0.29) is 5.69 Å². The quantitative estimate of drug-likeness (QED) is 0.508. The van der Waals surface area contributed by atoms with Gasteiger partial charge in [0.1, 0.15) is 5.75 Å². The second kappa shape index (κ2) is 6.86. The second-order valence-electron chi connectivity index (χ2n) is 4.59. The summed E-state index contributed by atoms with van der Waals surface area (Å²) in [6.07, 6.45) is 0. The molecule has 2 rings (SSSR count). The van der Waals surface area contributed by atoms with Gasteiger partial charge in [0.25, 0.3) is 5.69 Å². The van der Waals surface area contributed by atoms with E-state index < -0.39 is 4.92 Å². The van der Waals surface area contributed by atoms with Crippen molar-refractivity contribution >= 4 is 34.4 Å². The largest absolute Gasteiger partial charge is 0.495 e. The molecule has 2 N–H and O–H groups in total. The molecule has 0 aliphatic heterocycles. The fourth-order valence-electron chi connectivity index (χ4n) is 1.83. The number of methoxy groups -OCH3 is 1. The van der Waals surface area contributed by atoms with E-state index in [9.17, 15) is 10.1 Å². The molecule has 6 nitrogen and oxygen atoms in total. The Labute approximate surface area is 133 Å². The molecule has 0 aliphatic carbocycles. The number of anilines is 2. The molecule has 0 spiro atoms. The Morgan fingerprint density at radius 3 is 2.45 bits per heavy atom. The summed E-state index contributed by atoms with van der Waals surface area (Å²) < 4.78 is 5.17. The Balaban J connectivity index is 2.14. The van der Waals surface area contributed by atoms with E-state index in [4.69, 9.17) is 17.0 Å². The van der Waals surface area contributed by atoms with E-state index >= 15 is 0 Å². The third-order valence-electron chi connectivity index (χ3n) is 2.95. The summed E-state index contributed by atoms with van der Waals surface area (Å²) in [5, 5.41) is 17.1. The number of aryl methyl sites for hydroxylation is 1. The topological polar surface area (TPSA) is 76.4 Å². The molecule has 2 aromatic rings. The maximum atomic E-state index is 10.8. The van der Waals surface area contributed by atoms with E-state index in [1.54, 1.807) is 0 Å². The lowest BCUT2D eigenvalue weighted by atomic mass is 10.2. The van der Waals surface area contributed by atoms with Gasteiger partial charge in [0, 0.05) is 17.8 Å². The summed E-state index contributed by atoms with van der Waals surface area (Å²) >= 11 is 5.22. The maximum Gasteiger partial charge on any atom is 0.271 e. The van der Waals surface area contributed by atoms with Crippen molar-refractivity contribution in [2.75, 3.05) is 17.7 Å². The molecule has 0 saturated carbocycles. The van der Waals surface area contributed by atoms with Gasteiger partial charge in [-0.05, 0) is 37.3 Å². The van der Waals surface area contributed by atoms with Crippen molar-refractivity contribution in [3.8, 4) is 5.75 Å². The van der Waals surface area contributed by atoms with E-state index in [0.717, 1.165) is 11.3 Å². The molecule has 0 bridgehead atoms. The van der Waals surface area contributed by atoms with Crippen molar-refractivity contribution in [3.05, 3.63) is 58.1 Å². The van der Waals surface area contributed by atoms with E-state index in [1.807, 2.05) is 31.2 Å². The van der Waals surface area contributed by atoms with E-state index in [1.165, 1.54) is 25.3 Å². The lowest BCUT2D eigenvalue weighted by Gasteiger charge is -2.13. The van der Waals surface area contributed by atoms with E-state index in [2.05, 4.69) is 10.6 Å². The summed E-state index contributed by atoms with van der Waals surface area (Å²) in [6.45, 7) is 1.99. The summed E-state index contributed by atoms with van der Waals surface area (Å²) in [5.74, 6) is 0.471. The molecule has 0 heterocycles. The maximum absolute atomic E-state index is 10.8. The van der Waals surface area contributed by atoms with Crippen LogP contribution in [0, 0.1) is 17.0 Å². The minimum absolute atomic E-state index is 0.0403. The number of hydrogen-bond donors (Lipinski definition) is 2. The molecular formula is C15H15N3O3S. The van der Waals surface area contributed by atoms with Crippen molar-refractivity contribution in [3.63, 3.8) is 0 Å². The Bertz CT molecular complexity index is 702. The molecule has 0 aliphatic rings. The van der Waals surface area contributed by atoms with Crippen molar-refractivity contribution in [1.82, 2.24) is 0 Å². The second-order valence-corrected chi connectivity index (χ2v) is 5.00. The third-order valence-corrected chi connectivity index (χ3v) is 3.16. The van der Waals surface area contributed by atoms with Gasteiger partial charge in [-0.3, -0.25) is 10.1 Å². The highest BCUT2D eigenvalue weighted by Gasteiger charge is 2.12. The Morgan fingerprint density at radius 1 is 1.18 bits per heavy atom. The van der Waals surface area contributed by atoms with Gasteiger partial charge < -0.3 is 15.4 Å². The molecule has 2 aromatic carbocycles. The van der Waals surface area contributed by atoms with Crippen LogP contribution in [0.5, 0.6) is 5.75 Å². The average molecular weight is 317 g/mol. The van der Waals surface area contributed by atoms with Gasteiger partial charge in [0.15, 0.2) is 5.11 Å². The number of rotatable bonds is 4. The predicted octanol–water partition coefficient (Wildman–Crippen LogP) is 3.72. The summed E-state index contributed by atoms with van der Waals surface area (Å²) in [5.41, 5.74) is 2.36. The molecule has 7 heteroatoms. The standard InChI is InChI=1S/C15H15N3O3S/c1-10-3-5-11(6-4-10)16-15(22)17-13-9-12(18(19)20)7-8-14(13)21-2/h3-9H,1-2H3,(H2,16,17,22). The van der Waals surface area contributed by atoms with Gasteiger partial charge in [-0.25, -0.2) is 0 Å². The lowest BCUT2D eigenvalue weighted by molar-refractivity contribution is -0.384. The number of non-ortho nitro benzene ring substituents is 1. The van der Waals surface area contributed by atoms with Crippen LogP contribution >= 0.6 is 12.2 Å². The first-order valence-electron chi connectivity index (χ1n) is 6.46. The molecule has 22 heavy (non-hydrogen) atoms. The first-order chi connectivity index (χ1) is 10.5. The van der Waals surface area contributed by atoms with Crippen LogP contribution < -0.4 is 15.4 Å². The van der Waals surface area contributed by atoms with Crippen LogP contribution in [0.4, 0.5) is 17.1 Å². The fraction of sp³-hybridized carbons (Fsp3) is 0.133. The fourth-order valence-corrected chi connectivity index (χ4v) is 2.06. The van der Waals surface area contributed by atoms with Crippen LogP contribution in [0.25, 0.3) is 0 Å².